The number of fused-ring (bicyclic) bond motifs is 1. The van der Waals surface area contributed by atoms with E-state index < -0.39 is 0 Å². The summed E-state index contributed by atoms with van der Waals surface area (Å²) in [4.78, 5) is 0. The predicted octanol–water partition coefficient (Wildman–Crippen LogP) is 2.87. The monoisotopic (exact) mass is 219 g/mol. The summed E-state index contributed by atoms with van der Waals surface area (Å²) in [6.07, 6.45) is 3.57. The average Bonchev–Trinajstić information content (AvgIpc) is 2.86. The minimum atomic E-state index is 0.663. The van der Waals surface area contributed by atoms with Crippen LogP contribution >= 0.6 is 0 Å². The van der Waals surface area contributed by atoms with Crippen LogP contribution in [0.15, 0.2) is 54.9 Å². The summed E-state index contributed by atoms with van der Waals surface area (Å²) in [6.45, 7) is 0. The summed E-state index contributed by atoms with van der Waals surface area (Å²) in [7, 11) is 0. The van der Waals surface area contributed by atoms with Gasteiger partial charge in [0, 0.05) is 11.8 Å². The van der Waals surface area contributed by atoms with Crippen molar-refractivity contribution in [3.8, 4) is 17.2 Å². The highest BCUT2D eigenvalue weighted by Gasteiger charge is 2.09. The Balaban J connectivity index is 2.34. The molecule has 2 heterocycles. The van der Waals surface area contributed by atoms with Crippen LogP contribution in [-0.2, 0) is 0 Å². The van der Waals surface area contributed by atoms with Gasteiger partial charge >= 0.3 is 0 Å². The lowest BCUT2D eigenvalue weighted by Gasteiger charge is -2.05. The van der Waals surface area contributed by atoms with Gasteiger partial charge in [0.05, 0.1) is 17.3 Å². The Hall–Kier alpha value is -2.60. The van der Waals surface area contributed by atoms with Gasteiger partial charge in [0.2, 0.25) is 0 Å². The first-order valence-corrected chi connectivity index (χ1v) is 5.32. The van der Waals surface area contributed by atoms with Crippen LogP contribution in [0.25, 0.3) is 16.6 Å². The molecule has 3 heteroatoms. The molecule has 2 aromatic heterocycles. The van der Waals surface area contributed by atoms with Crippen LogP contribution < -0.4 is 0 Å². The topological polar surface area (TPSA) is 41.1 Å². The second kappa shape index (κ2) is 3.76. The van der Waals surface area contributed by atoms with E-state index in [0.29, 0.717) is 5.56 Å². The summed E-state index contributed by atoms with van der Waals surface area (Å²) in [5.74, 6) is 0. The molecule has 0 aliphatic heterocycles. The van der Waals surface area contributed by atoms with E-state index in [4.69, 9.17) is 0 Å². The third-order valence-electron chi connectivity index (χ3n) is 2.77. The van der Waals surface area contributed by atoms with Gasteiger partial charge in [-0.2, -0.15) is 10.4 Å². The number of pyridine rings is 1. The molecule has 0 atom stereocenters. The highest BCUT2D eigenvalue weighted by Crippen LogP contribution is 2.25. The molecule has 0 N–H and O–H groups in total. The second-order valence-corrected chi connectivity index (χ2v) is 3.74. The molecule has 0 amide bonds. The van der Waals surface area contributed by atoms with Gasteiger partial charge in [-0.1, -0.05) is 30.3 Å². The van der Waals surface area contributed by atoms with Crippen molar-refractivity contribution >= 4 is 5.52 Å². The van der Waals surface area contributed by atoms with Crippen molar-refractivity contribution in [3.63, 3.8) is 0 Å². The van der Waals surface area contributed by atoms with E-state index in [1.165, 1.54) is 0 Å². The van der Waals surface area contributed by atoms with Gasteiger partial charge in [-0.3, -0.25) is 0 Å². The largest absolute Gasteiger partial charge is 0.240 e. The summed E-state index contributed by atoms with van der Waals surface area (Å²) in [5.41, 5.74) is 3.50. The Bertz CT molecular complexity index is 705. The van der Waals surface area contributed by atoms with E-state index in [1.54, 1.807) is 10.7 Å². The van der Waals surface area contributed by atoms with E-state index in [9.17, 15) is 5.26 Å². The fourth-order valence-corrected chi connectivity index (χ4v) is 1.97. The lowest BCUT2D eigenvalue weighted by atomic mass is 10.0. The van der Waals surface area contributed by atoms with Crippen molar-refractivity contribution in [2.24, 2.45) is 0 Å². The van der Waals surface area contributed by atoms with E-state index in [0.717, 1.165) is 16.6 Å². The first kappa shape index (κ1) is 9.61. The molecule has 0 unspecified atom stereocenters. The number of nitriles is 1. The van der Waals surface area contributed by atoms with E-state index in [1.807, 2.05) is 48.7 Å². The molecule has 0 aliphatic rings. The molecule has 3 nitrogen and oxygen atoms in total. The van der Waals surface area contributed by atoms with Crippen molar-refractivity contribution in [1.29, 1.82) is 5.26 Å². The average molecular weight is 219 g/mol. The van der Waals surface area contributed by atoms with Crippen LogP contribution in [-0.4, -0.2) is 9.61 Å². The summed E-state index contributed by atoms with van der Waals surface area (Å²) in [6, 6.07) is 15.9. The lowest BCUT2D eigenvalue weighted by molar-refractivity contribution is 0.960. The number of rotatable bonds is 1. The number of hydrogen-bond donors (Lipinski definition) is 0. The Kier molecular flexibility index (Phi) is 2.13. The Morgan fingerprint density at radius 3 is 2.65 bits per heavy atom. The lowest BCUT2D eigenvalue weighted by Crippen LogP contribution is -1.92. The third kappa shape index (κ3) is 1.47. The maximum absolute atomic E-state index is 9.31. The van der Waals surface area contributed by atoms with Crippen molar-refractivity contribution in [1.82, 2.24) is 9.61 Å². The van der Waals surface area contributed by atoms with Crippen LogP contribution in [0.4, 0.5) is 0 Å². The first-order chi connectivity index (χ1) is 8.40. The molecule has 0 aliphatic carbocycles. The number of aromatic nitrogens is 2. The zero-order valence-corrected chi connectivity index (χ0v) is 9.04. The van der Waals surface area contributed by atoms with Crippen molar-refractivity contribution < 1.29 is 0 Å². The number of nitrogens with zero attached hydrogens (tertiary/aromatic N) is 3. The van der Waals surface area contributed by atoms with Crippen LogP contribution in [0.1, 0.15) is 5.56 Å². The van der Waals surface area contributed by atoms with Gasteiger partial charge in [-0.25, -0.2) is 4.52 Å². The van der Waals surface area contributed by atoms with Crippen molar-refractivity contribution in [3.05, 3.63) is 60.4 Å². The molecule has 3 rings (SSSR count). The van der Waals surface area contributed by atoms with Gasteiger partial charge < -0.3 is 0 Å². The normalized spacial score (nSPS) is 10.3. The Labute approximate surface area is 98.6 Å². The Morgan fingerprint density at radius 1 is 1.06 bits per heavy atom. The zero-order valence-electron chi connectivity index (χ0n) is 9.04. The molecule has 0 saturated heterocycles. The smallest absolute Gasteiger partial charge is 0.102 e. The van der Waals surface area contributed by atoms with Crippen LogP contribution in [0.3, 0.4) is 0 Å². The standard InChI is InChI=1S/C14H9N3/c15-10-13-12(11-4-2-1-3-5-11)7-9-17-14(13)6-8-16-17/h1-9H. The molecular weight excluding hydrogens is 210 g/mol. The number of benzene rings is 1. The molecular formula is C14H9N3. The summed E-state index contributed by atoms with van der Waals surface area (Å²) < 4.78 is 1.71. The van der Waals surface area contributed by atoms with Gasteiger partial charge in [-0.05, 0) is 17.7 Å². The molecule has 80 valence electrons. The highest BCUT2D eigenvalue weighted by atomic mass is 15.2. The van der Waals surface area contributed by atoms with Crippen molar-refractivity contribution in [2.75, 3.05) is 0 Å². The zero-order chi connectivity index (χ0) is 11.7. The van der Waals surface area contributed by atoms with E-state index in [2.05, 4.69) is 11.2 Å². The van der Waals surface area contributed by atoms with E-state index >= 15 is 0 Å². The molecule has 0 bridgehead atoms. The molecule has 0 fully saturated rings. The van der Waals surface area contributed by atoms with Gasteiger partial charge in [-0.15, -0.1) is 0 Å². The van der Waals surface area contributed by atoms with Gasteiger partial charge in [0.1, 0.15) is 6.07 Å². The molecule has 0 saturated carbocycles. The fourth-order valence-electron chi connectivity index (χ4n) is 1.97. The number of hydrogen-bond acceptors (Lipinski definition) is 2. The SMILES string of the molecule is N#Cc1c(-c2ccccc2)ccn2nccc12. The molecule has 17 heavy (non-hydrogen) atoms. The quantitative estimate of drug-likeness (QED) is 0.631. The van der Waals surface area contributed by atoms with Crippen LogP contribution in [0.5, 0.6) is 0 Å². The van der Waals surface area contributed by atoms with Crippen LogP contribution in [0, 0.1) is 11.3 Å². The van der Waals surface area contributed by atoms with Gasteiger partial charge in [0.25, 0.3) is 0 Å². The minimum Gasteiger partial charge on any atom is -0.240 e. The highest BCUT2D eigenvalue weighted by molar-refractivity contribution is 5.78. The van der Waals surface area contributed by atoms with E-state index in [-0.39, 0.29) is 0 Å². The third-order valence-corrected chi connectivity index (χ3v) is 2.77. The van der Waals surface area contributed by atoms with Gasteiger partial charge in [0.15, 0.2) is 0 Å². The molecule has 1 aromatic carbocycles. The maximum Gasteiger partial charge on any atom is 0.102 e. The second-order valence-electron chi connectivity index (χ2n) is 3.74. The maximum atomic E-state index is 9.31. The fraction of sp³-hybridized carbons (Fsp3) is 0. The van der Waals surface area contributed by atoms with Crippen molar-refractivity contribution in [2.45, 2.75) is 0 Å². The molecule has 3 aromatic rings. The van der Waals surface area contributed by atoms with Crippen LogP contribution in [0.2, 0.25) is 0 Å². The Morgan fingerprint density at radius 2 is 1.88 bits per heavy atom. The summed E-state index contributed by atoms with van der Waals surface area (Å²) >= 11 is 0. The molecule has 0 spiro atoms. The first-order valence-electron chi connectivity index (χ1n) is 5.32. The predicted molar refractivity (Wildman–Crippen MR) is 65.3 cm³/mol. The minimum absolute atomic E-state index is 0.663. The molecule has 0 radical (unpaired) electrons. The summed E-state index contributed by atoms with van der Waals surface area (Å²) in [5, 5.41) is 13.4.